The Hall–Kier alpha value is -0.610. The summed E-state index contributed by atoms with van der Waals surface area (Å²) >= 11 is 8.20. The van der Waals surface area contributed by atoms with E-state index in [0.29, 0.717) is 0 Å². The first-order valence-electron chi connectivity index (χ1n) is 6.46. The maximum absolute atomic E-state index is 6.43. The molecule has 0 fully saturated rings. The van der Waals surface area contributed by atoms with E-state index >= 15 is 0 Å². The lowest BCUT2D eigenvalue weighted by Crippen LogP contribution is -2.46. The Kier molecular flexibility index (Phi) is 4.51. The molecule has 0 unspecified atom stereocenters. The molecule has 0 spiro atoms. The van der Waals surface area contributed by atoms with Crippen molar-refractivity contribution in [1.29, 1.82) is 0 Å². The predicted molar refractivity (Wildman–Crippen MR) is 86.3 cm³/mol. The summed E-state index contributed by atoms with van der Waals surface area (Å²) in [6, 6.07) is 8.30. The van der Waals surface area contributed by atoms with Crippen LogP contribution in [0.25, 0.3) is 10.1 Å². The molecule has 0 aliphatic heterocycles. The van der Waals surface area contributed by atoms with Crippen LogP contribution in [0.1, 0.15) is 18.7 Å². The molecule has 1 N–H and O–H groups in total. The van der Waals surface area contributed by atoms with E-state index < -0.39 is 0 Å². The van der Waals surface area contributed by atoms with Gasteiger partial charge in [0.2, 0.25) is 0 Å². The number of fused-ring (bicyclic) bond motifs is 1. The van der Waals surface area contributed by atoms with Gasteiger partial charge in [0.1, 0.15) is 0 Å². The first kappa shape index (κ1) is 14.8. The third kappa shape index (κ3) is 3.29. The van der Waals surface area contributed by atoms with Crippen molar-refractivity contribution in [3.05, 3.63) is 34.2 Å². The van der Waals surface area contributed by atoms with E-state index in [4.69, 9.17) is 11.6 Å². The Labute approximate surface area is 124 Å². The summed E-state index contributed by atoms with van der Waals surface area (Å²) in [5.41, 5.74) is 0.142. The highest BCUT2D eigenvalue weighted by Gasteiger charge is 2.20. The molecule has 4 heteroatoms. The SMILES string of the molecule is CN(C)C(C)(C)CNCc1sc2ccccc2c1Cl. The highest BCUT2D eigenvalue weighted by molar-refractivity contribution is 7.19. The second kappa shape index (κ2) is 5.80. The van der Waals surface area contributed by atoms with Gasteiger partial charge in [-0.3, -0.25) is 0 Å². The molecule has 1 aromatic carbocycles. The maximum atomic E-state index is 6.43. The standard InChI is InChI=1S/C15H21ClN2S/c1-15(2,18(3)4)10-17-9-13-14(16)11-7-5-6-8-12(11)19-13/h5-8,17H,9-10H2,1-4H3. The van der Waals surface area contributed by atoms with Crippen LogP contribution in [0.2, 0.25) is 5.02 Å². The summed E-state index contributed by atoms with van der Waals surface area (Å²) in [5, 5.41) is 5.57. The summed E-state index contributed by atoms with van der Waals surface area (Å²) in [7, 11) is 4.21. The Morgan fingerprint density at radius 2 is 1.95 bits per heavy atom. The van der Waals surface area contributed by atoms with Crippen LogP contribution >= 0.6 is 22.9 Å². The number of nitrogens with zero attached hydrogens (tertiary/aromatic N) is 1. The van der Waals surface area contributed by atoms with Gasteiger partial charge in [-0.2, -0.15) is 0 Å². The van der Waals surface area contributed by atoms with E-state index in [-0.39, 0.29) is 5.54 Å². The van der Waals surface area contributed by atoms with Gasteiger partial charge in [0.25, 0.3) is 0 Å². The van der Waals surface area contributed by atoms with Gasteiger partial charge in [0, 0.05) is 33.6 Å². The number of thiophene rings is 1. The van der Waals surface area contributed by atoms with Crippen LogP contribution in [0.15, 0.2) is 24.3 Å². The minimum absolute atomic E-state index is 0.142. The first-order valence-corrected chi connectivity index (χ1v) is 7.65. The average molecular weight is 297 g/mol. The summed E-state index contributed by atoms with van der Waals surface area (Å²) in [6.07, 6.45) is 0. The van der Waals surface area contributed by atoms with E-state index in [1.807, 2.05) is 6.07 Å². The van der Waals surface area contributed by atoms with Gasteiger partial charge in [0.15, 0.2) is 0 Å². The number of nitrogens with one attached hydrogen (secondary N) is 1. The molecule has 0 amide bonds. The van der Waals surface area contributed by atoms with Crippen molar-refractivity contribution in [2.24, 2.45) is 0 Å². The van der Waals surface area contributed by atoms with Crippen molar-refractivity contribution in [2.75, 3.05) is 20.6 Å². The minimum Gasteiger partial charge on any atom is -0.310 e. The van der Waals surface area contributed by atoms with Crippen LogP contribution in [-0.4, -0.2) is 31.1 Å². The minimum atomic E-state index is 0.142. The largest absolute Gasteiger partial charge is 0.310 e. The maximum Gasteiger partial charge on any atom is 0.0636 e. The van der Waals surface area contributed by atoms with Gasteiger partial charge in [-0.05, 0) is 34.0 Å². The lowest BCUT2D eigenvalue weighted by Gasteiger charge is -2.32. The topological polar surface area (TPSA) is 15.3 Å². The van der Waals surface area contributed by atoms with Crippen molar-refractivity contribution in [2.45, 2.75) is 25.9 Å². The molecule has 2 rings (SSSR count). The normalized spacial score (nSPS) is 12.5. The van der Waals surface area contributed by atoms with E-state index in [2.05, 4.69) is 56.4 Å². The Bertz CT molecular complexity index is 560. The molecule has 104 valence electrons. The molecule has 19 heavy (non-hydrogen) atoms. The average Bonchev–Trinajstić information content (AvgIpc) is 2.67. The molecule has 0 aliphatic rings. The monoisotopic (exact) mass is 296 g/mol. The molecule has 0 radical (unpaired) electrons. The fraction of sp³-hybridized carbons (Fsp3) is 0.467. The zero-order valence-corrected chi connectivity index (χ0v) is 13.5. The number of hydrogen-bond acceptors (Lipinski definition) is 3. The number of likely N-dealkylation sites (N-methyl/N-ethyl adjacent to an activating group) is 1. The number of rotatable bonds is 5. The zero-order valence-electron chi connectivity index (χ0n) is 12.0. The lowest BCUT2D eigenvalue weighted by molar-refractivity contribution is 0.190. The second-order valence-electron chi connectivity index (χ2n) is 5.65. The Balaban J connectivity index is 2.04. The molecular formula is C15H21ClN2S. The van der Waals surface area contributed by atoms with Gasteiger partial charge < -0.3 is 10.2 Å². The van der Waals surface area contributed by atoms with Gasteiger partial charge in [-0.15, -0.1) is 11.3 Å². The molecule has 0 bridgehead atoms. The van der Waals surface area contributed by atoms with Crippen LogP contribution in [0.4, 0.5) is 0 Å². The number of halogens is 1. The molecule has 1 aromatic heterocycles. The quantitative estimate of drug-likeness (QED) is 0.898. The van der Waals surface area contributed by atoms with Gasteiger partial charge in [0.05, 0.1) is 5.02 Å². The highest BCUT2D eigenvalue weighted by atomic mass is 35.5. The second-order valence-corrected chi connectivity index (χ2v) is 7.16. The summed E-state index contributed by atoms with van der Waals surface area (Å²) in [4.78, 5) is 3.45. The predicted octanol–water partition coefficient (Wildman–Crippen LogP) is 3.98. The molecule has 1 heterocycles. The van der Waals surface area contributed by atoms with Crippen molar-refractivity contribution < 1.29 is 0 Å². The molecule has 2 nitrogen and oxygen atoms in total. The van der Waals surface area contributed by atoms with E-state index in [9.17, 15) is 0 Å². The zero-order chi connectivity index (χ0) is 14.0. The summed E-state index contributed by atoms with van der Waals surface area (Å²) in [6.45, 7) is 6.22. The third-order valence-corrected chi connectivity index (χ3v) is 5.37. The van der Waals surface area contributed by atoms with Crippen molar-refractivity contribution in [3.63, 3.8) is 0 Å². The highest BCUT2D eigenvalue weighted by Crippen LogP contribution is 2.34. The van der Waals surface area contributed by atoms with E-state index in [1.165, 1.54) is 9.58 Å². The fourth-order valence-corrected chi connectivity index (χ4v) is 3.29. The van der Waals surface area contributed by atoms with E-state index in [1.54, 1.807) is 11.3 Å². The van der Waals surface area contributed by atoms with Crippen molar-refractivity contribution >= 4 is 33.0 Å². The molecule has 0 saturated carbocycles. The van der Waals surface area contributed by atoms with Crippen LogP contribution in [-0.2, 0) is 6.54 Å². The molecule has 0 saturated heterocycles. The van der Waals surface area contributed by atoms with Crippen molar-refractivity contribution in [3.8, 4) is 0 Å². The first-order chi connectivity index (χ1) is 8.92. The van der Waals surface area contributed by atoms with Gasteiger partial charge in [-0.25, -0.2) is 0 Å². The Morgan fingerprint density at radius 3 is 2.58 bits per heavy atom. The molecule has 2 aromatic rings. The molecule has 0 atom stereocenters. The van der Waals surface area contributed by atoms with Crippen molar-refractivity contribution in [1.82, 2.24) is 10.2 Å². The van der Waals surface area contributed by atoms with Crippen LogP contribution in [0, 0.1) is 0 Å². The van der Waals surface area contributed by atoms with Gasteiger partial charge >= 0.3 is 0 Å². The van der Waals surface area contributed by atoms with Crippen LogP contribution in [0.3, 0.4) is 0 Å². The fourth-order valence-electron chi connectivity index (χ4n) is 1.82. The smallest absolute Gasteiger partial charge is 0.0636 e. The third-order valence-electron chi connectivity index (χ3n) is 3.66. The lowest BCUT2D eigenvalue weighted by atomic mass is 10.0. The van der Waals surface area contributed by atoms with Gasteiger partial charge in [-0.1, -0.05) is 29.8 Å². The summed E-state index contributed by atoms with van der Waals surface area (Å²) in [5.74, 6) is 0. The van der Waals surface area contributed by atoms with Crippen LogP contribution < -0.4 is 5.32 Å². The number of benzene rings is 1. The molecular weight excluding hydrogens is 276 g/mol. The molecule has 0 aliphatic carbocycles. The van der Waals surface area contributed by atoms with E-state index in [0.717, 1.165) is 23.5 Å². The Morgan fingerprint density at radius 1 is 1.26 bits per heavy atom. The summed E-state index contributed by atoms with van der Waals surface area (Å²) < 4.78 is 1.26. The van der Waals surface area contributed by atoms with Crippen LogP contribution in [0.5, 0.6) is 0 Å². The number of hydrogen-bond donors (Lipinski definition) is 1.